The number of likely N-dealkylation sites (tertiary alicyclic amines) is 1. The molecule has 1 aliphatic rings. The molecule has 0 bridgehead atoms. The summed E-state index contributed by atoms with van der Waals surface area (Å²) in [5.74, 6) is -3.44. The van der Waals surface area contributed by atoms with E-state index in [1.165, 1.54) is 12.1 Å². The monoisotopic (exact) mass is 420 g/mol. The molecule has 1 aliphatic heterocycles. The molecule has 1 unspecified atom stereocenters. The lowest BCUT2D eigenvalue weighted by Crippen LogP contribution is -2.41. The lowest BCUT2D eigenvalue weighted by molar-refractivity contribution is -0.159. The van der Waals surface area contributed by atoms with Crippen LogP contribution in [-0.2, 0) is 25.3 Å². The summed E-state index contributed by atoms with van der Waals surface area (Å²) in [6, 6.07) is 4.46. The van der Waals surface area contributed by atoms with Gasteiger partial charge in [-0.15, -0.1) is 0 Å². The van der Waals surface area contributed by atoms with Crippen LogP contribution in [0.5, 0.6) is 0 Å². The Bertz CT molecular complexity index is 680. The molecule has 8 nitrogen and oxygen atoms in total. The molecule has 0 saturated carbocycles. The van der Waals surface area contributed by atoms with E-state index in [0.717, 1.165) is 38.1 Å². The van der Waals surface area contributed by atoms with Gasteiger partial charge in [0.25, 0.3) is 0 Å². The van der Waals surface area contributed by atoms with Crippen molar-refractivity contribution in [3.8, 4) is 0 Å². The molecule has 3 N–H and O–H groups in total. The summed E-state index contributed by atoms with van der Waals surface area (Å²) in [5, 5.41) is 17.4. The van der Waals surface area contributed by atoms with Crippen molar-refractivity contribution in [2.24, 2.45) is 5.92 Å². The number of alkyl halides is 3. The molecule has 0 aliphatic carbocycles. The van der Waals surface area contributed by atoms with Crippen molar-refractivity contribution in [3.63, 3.8) is 0 Å². The average Bonchev–Trinajstić information content (AvgIpc) is 2.62. The number of aliphatic carboxylic acids is 2. The summed E-state index contributed by atoms with van der Waals surface area (Å²) in [5.41, 5.74) is -0.359. The second-order valence-electron chi connectivity index (χ2n) is 6.43. The predicted octanol–water partition coefficient (Wildman–Crippen LogP) is 2.16. The summed E-state index contributed by atoms with van der Waals surface area (Å²) < 4.78 is 42.6. The smallest absolute Gasteiger partial charge is 0.416 e. The topological polar surface area (TPSA) is 116 Å². The highest BCUT2D eigenvalue weighted by molar-refractivity contribution is 6.27. The van der Waals surface area contributed by atoms with E-state index in [1.54, 1.807) is 7.11 Å². The third-order valence-corrected chi connectivity index (χ3v) is 4.05. The molecule has 0 radical (unpaired) electrons. The van der Waals surface area contributed by atoms with Crippen LogP contribution in [0.25, 0.3) is 0 Å². The van der Waals surface area contributed by atoms with Crippen LogP contribution in [0.4, 0.5) is 18.9 Å². The van der Waals surface area contributed by atoms with Crippen molar-refractivity contribution in [2.45, 2.75) is 19.0 Å². The number of piperidine rings is 1. The van der Waals surface area contributed by atoms with Crippen molar-refractivity contribution in [1.82, 2.24) is 4.90 Å². The number of nitrogens with zero attached hydrogens (tertiary/aromatic N) is 1. The van der Waals surface area contributed by atoms with Gasteiger partial charge in [-0.05, 0) is 49.6 Å². The van der Waals surface area contributed by atoms with Gasteiger partial charge < -0.3 is 20.3 Å². The van der Waals surface area contributed by atoms with Crippen molar-refractivity contribution < 1.29 is 42.5 Å². The number of carboxylic acids is 2. The number of methoxy groups -OCH3 is 1. The van der Waals surface area contributed by atoms with Crippen LogP contribution in [0, 0.1) is 5.92 Å². The van der Waals surface area contributed by atoms with E-state index < -0.39 is 23.7 Å². The standard InChI is InChI=1S/C16H21F3N2O2.C2H2O4/c1-23-11-12-3-2-8-21(9-12)10-15(22)20-14-6-4-13(5-7-14)16(17,18)19;3-1(4)2(5)6/h4-7,12H,2-3,8-11H2,1H3,(H,20,22);(H,3,4)(H,5,6). The number of carboxylic acid groups (broad SMARTS) is 2. The molecule has 1 fully saturated rings. The van der Waals surface area contributed by atoms with Crippen molar-refractivity contribution in [1.29, 1.82) is 0 Å². The van der Waals surface area contributed by atoms with Crippen LogP contribution in [0.3, 0.4) is 0 Å². The molecule has 29 heavy (non-hydrogen) atoms. The van der Waals surface area contributed by atoms with Gasteiger partial charge in [-0.1, -0.05) is 0 Å². The van der Waals surface area contributed by atoms with Crippen LogP contribution < -0.4 is 5.32 Å². The molecule has 162 valence electrons. The number of halogens is 3. The number of anilines is 1. The fourth-order valence-electron chi connectivity index (χ4n) is 2.81. The first kappa shape index (κ1) is 24.4. The molecule has 1 atom stereocenters. The van der Waals surface area contributed by atoms with Crippen LogP contribution in [-0.4, -0.2) is 66.3 Å². The molecule has 2 rings (SSSR count). The van der Waals surface area contributed by atoms with Gasteiger partial charge in [-0.25, -0.2) is 9.59 Å². The molecule has 1 amide bonds. The predicted molar refractivity (Wildman–Crippen MR) is 96.4 cm³/mol. The zero-order valence-electron chi connectivity index (χ0n) is 15.7. The maximum absolute atomic E-state index is 12.5. The van der Waals surface area contributed by atoms with Gasteiger partial charge >= 0.3 is 18.1 Å². The summed E-state index contributed by atoms with van der Waals surface area (Å²) in [4.78, 5) is 32.3. The second kappa shape index (κ2) is 11.4. The quantitative estimate of drug-likeness (QED) is 0.625. The van der Waals surface area contributed by atoms with E-state index in [4.69, 9.17) is 24.5 Å². The number of ether oxygens (including phenoxy) is 1. The normalized spacial score (nSPS) is 17.0. The molecule has 0 aromatic heterocycles. The third-order valence-electron chi connectivity index (χ3n) is 4.05. The van der Waals surface area contributed by atoms with Crippen LogP contribution in [0.2, 0.25) is 0 Å². The van der Waals surface area contributed by atoms with Gasteiger partial charge in [0.15, 0.2) is 0 Å². The molecule has 1 aromatic rings. The highest BCUT2D eigenvalue weighted by Gasteiger charge is 2.30. The van der Waals surface area contributed by atoms with Gasteiger partial charge in [0.05, 0.1) is 18.7 Å². The fourth-order valence-corrected chi connectivity index (χ4v) is 2.81. The molecular formula is C18H23F3N2O6. The van der Waals surface area contributed by atoms with Crippen LogP contribution in [0.1, 0.15) is 18.4 Å². The Morgan fingerprint density at radius 2 is 1.76 bits per heavy atom. The molecule has 1 aromatic carbocycles. The number of hydrogen-bond acceptors (Lipinski definition) is 5. The number of carbonyl (C=O) groups excluding carboxylic acids is 1. The summed E-state index contributed by atoms with van der Waals surface area (Å²) in [6.45, 7) is 2.56. The van der Waals surface area contributed by atoms with Crippen LogP contribution in [0.15, 0.2) is 24.3 Å². The maximum Gasteiger partial charge on any atom is 0.416 e. The summed E-state index contributed by atoms with van der Waals surface area (Å²) in [7, 11) is 1.66. The van der Waals surface area contributed by atoms with E-state index in [-0.39, 0.29) is 12.5 Å². The number of carbonyl (C=O) groups is 3. The number of rotatable bonds is 5. The zero-order valence-corrected chi connectivity index (χ0v) is 15.7. The Morgan fingerprint density at radius 1 is 1.17 bits per heavy atom. The Balaban J connectivity index is 0.000000612. The van der Waals surface area contributed by atoms with Gasteiger partial charge in [-0.2, -0.15) is 13.2 Å². The van der Waals surface area contributed by atoms with Crippen LogP contribution >= 0.6 is 0 Å². The SMILES string of the molecule is COCC1CCCN(CC(=O)Nc2ccc(C(F)(F)F)cc2)C1.O=C(O)C(=O)O. The van der Waals surface area contributed by atoms with Gasteiger partial charge in [0.2, 0.25) is 5.91 Å². The number of benzene rings is 1. The Kier molecular flexibility index (Phi) is 9.56. The second-order valence-corrected chi connectivity index (χ2v) is 6.43. The van der Waals surface area contributed by atoms with Crippen molar-refractivity contribution in [3.05, 3.63) is 29.8 Å². The summed E-state index contributed by atoms with van der Waals surface area (Å²) >= 11 is 0. The van der Waals surface area contributed by atoms with E-state index in [1.807, 2.05) is 4.90 Å². The number of nitrogens with one attached hydrogen (secondary N) is 1. The van der Waals surface area contributed by atoms with E-state index in [2.05, 4.69) is 5.32 Å². The number of amides is 1. The fraction of sp³-hybridized carbons (Fsp3) is 0.500. The maximum atomic E-state index is 12.5. The molecule has 1 saturated heterocycles. The largest absolute Gasteiger partial charge is 0.473 e. The Morgan fingerprint density at radius 3 is 2.24 bits per heavy atom. The lowest BCUT2D eigenvalue weighted by atomic mass is 9.99. The van der Waals surface area contributed by atoms with Gasteiger partial charge in [0, 0.05) is 19.3 Å². The zero-order chi connectivity index (χ0) is 22.0. The molecule has 11 heteroatoms. The highest BCUT2D eigenvalue weighted by Crippen LogP contribution is 2.29. The van der Waals surface area contributed by atoms with E-state index in [9.17, 15) is 18.0 Å². The van der Waals surface area contributed by atoms with E-state index >= 15 is 0 Å². The minimum Gasteiger partial charge on any atom is -0.473 e. The van der Waals surface area contributed by atoms with Crippen molar-refractivity contribution >= 4 is 23.5 Å². The van der Waals surface area contributed by atoms with Gasteiger partial charge in [-0.3, -0.25) is 9.69 Å². The first-order chi connectivity index (χ1) is 13.5. The summed E-state index contributed by atoms with van der Waals surface area (Å²) in [6.07, 6.45) is -2.26. The Labute approximate surface area is 165 Å². The number of hydrogen-bond donors (Lipinski definition) is 3. The average molecular weight is 420 g/mol. The van der Waals surface area contributed by atoms with Crippen molar-refractivity contribution in [2.75, 3.05) is 38.7 Å². The minimum atomic E-state index is -4.37. The molecule has 1 heterocycles. The highest BCUT2D eigenvalue weighted by atomic mass is 19.4. The molecule has 0 spiro atoms. The lowest BCUT2D eigenvalue weighted by Gasteiger charge is -2.31. The minimum absolute atomic E-state index is 0.220. The Hall–Kier alpha value is -2.66. The molecular weight excluding hydrogens is 397 g/mol. The third kappa shape index (κ3) is 9.39. The van der Waals surface area contributed by atoms with Gasteiger partial charge in [0.1, 0.15) is 0 Å². The first-order valence-corrected chi connectivity index (χ1v) is 8.67. The first-order valence-electron chi connectivity index (χ1n) is 8.67. The van der Waals surface area contributed by atoms with E-state index in [0.29, 0.717) is 18.2 Å².